The Hall–Kier alpha value is -3.42. The molecule has 0 aromatic heterocycles. The van der Waals surface area contributed by atoms with Crippen molar-refractivity contribution in [1.82, 2.24) is 15.1 Å². The van der Waals surface area contributed by atoms with E-state index >= 15 is 0 Å². The maximum absolute atomic E-state index is 13.4. The largest absolute Gasteiger partial charge is 0.481 e. The van der Waals surface area contributed by atoms with Gasteiger partial charge >= 0.3 is 0 Å². The van der Waals surface area contributed by atoms with E-state index in [1.165, 1.54) is 12.1 Å². The summed E-state index contributed by atoms with van der Waals surface area (Å²) in [5, 5.41) is 3.14. The fourth-order valence-electron chi connectivity index (χ4n) is 6.35. The summed E-state index contributed by atoms with van der Waals surface area (Å²) >= 11 is 0. The van der Waals surface area contributed by atoms with Gasteiger partial charge in [0.05, 0.1) is 5.92 Å². The second-order valence-corrected chi connectivity index (χ2v) is 11.7. The minimum Gasteiger partial charge on any atom is -0.481 e. The van der Waals surface area contributed by atoms with Crippen LogP contribution in [0.15, 0.2) is 48.5 Å². The van der Waals surface area contributed by atoms with E-state index in [0.717, 1.165) is 55.4 Å². The van der Waals surface area contributed by atoms with Gasteiger partial charge in [0.15, 0.2) is 6.10 Å². The van der Waals surface area contributed by atoms with Crippen molar-refractivity contribution in [3.63, 3.8) is 0 Å². The van der Waals surface area contributed by atoms with Gasteiger partial charge in [0, 0.05) is 39.1 Å². The first-order chi connectivity index (χ1) is 19.3. The van der Waals surface area contributed by atoms with Gasteiger partial charge in [0.25, 0.3) is 5.91 Å². The zero-order valence-corrected chi connectivity index (χ0v) is 23.4. The summed E-state index contributed by atoms with van der Waals surface area (Å²) < 4.78 is 19.2. The highest BCUT2D eigenvalue weighted by molar-refractivity contribution is 5.89. The van der Waals surface area contributed by atoms with Gasteiger partial charge in [-0.25, -0.2) is 4.39 Å². The van der Waals surface area contributed by atoms with Crippen LogP contribution in [0.2, 0.25) is 0 Å². The number of rotatable bonds is 4. The molecule has 2 aromatic carbocycles. The molecule has 2 atom stereocenters. The van der Waals surface area contributed by atoms with E-state index in [-0.39, 0.29) is 41.3 Å². The number of hydrogen-bond acceptors (Lipinski definition) is 4. The van der Waals surface area contributed by atoms with Gasteiger partial charge < -0.3 is 19.9 Å². The van der Waals surface area contributed by atoms with Gasteiger partial charge in [-0.1, -0.05) is 36.8 Å². The number of benzene rings is 2. The van der Waals surface area contributed by atoms with Gasteiger partial charge in [0.1, 0.15) is 11.6 Å². The van der Waals surface area contributed by atoms with E-state index in [9.17, 15) is 18.8 Å². The molecule has 1 spiro atoms. The molecule has 7 nitrogen and oxygen atoms in total. The summed E-state index contributed by atoms with van der Waals surface area (Å²) in [6.45, 7) is 4.63. The summed E-state index contributed by atoms with van der Waals surface area (Å²) in [7, 11) is 0. The number of hydrogen-bond donors (Lipinski definition) is 1. The van der Waals surface area contributed by atoms with Crippen LogP contribution in [0, 0.1) is 17.2 Å². The normalized spacial score (nSPS) is 23.6. The van der Waals surface area contributed by atoms with Gasteiger partial charge in [0.2, 0.25) is 11.8 Å². The van der Waals surface area contributed by atoms with Crippen molar-refractivity contribution in [2.24, 2.45) is 11.3 Å². The van der Waals surface area contributed by atoms with Crippen molar-refractivity contribution >= 4 is 17.7 Å². The minimum atomic E-state index is -0.579. The second-order valence-electron chi connectivity index (χ2n) is 11.7. The third-order valence-corrected chi connectivity index (χ3v) is 8.97. The average molecular weight is 550 g/mol. The van der Waals surface area contributed by atoms with Crippen molar-refractivity contribution < 1.29 is 23.5 Å². The first-order valence-corrected chi connectivity index (χ1v) is 14.7. The lowest BCUT2D eigenvalue weighted by atomic mass is 9.74. The molecule has 3 aliphatic heterocycles. The molecule has 3 aliphatic rings. The zero-order chi connectivity index (χ0) is 28.1. The third-order valence-electron chi connectivity index (χ3n) is 8.97. The molecule has 2 saturated heterocycles. The van der Waals surface area contributed by atoms with Gasteiger partial charge in [-0.05, 0) is 80.2 Å². The van der Waals surface area contributed by atoms with E-state index in [2.05, 4.69) is 11.4 Å². The summed E-state index contributed by atoms with van der Waals surface area (Å²) in [6, 6.07) is 14.3. The highest BCUT2D eigenvalue weighted by Gasteiger charge is 2.41. The number of likely N-dealkylation sites (tertiary alicyclic amines) is 2. The molecule has 5 rings (SSSR count). The number of aryl methyl sites for hydroxylation is 1. The van der Waals surface area contributed by atoms with Crippen molar-refractivity contribution in [3.05, 3.63) is 65.5 Å². The van der Waals surface area contributed by atoms with Crippen molar-refractivity contribution in [1.29, 1.82) is 0 Å². The van der Waals surface area contributed by atoms with Crippen molar-refractivity contribution in [3.8, 4) is 5.75 Å². The molecule has 1 unspecified atom stereocenters. The third kappa shape index (κ3) is 6.65. The highest BCUT2D eigenvalue weighted by atomic mass is 19.1. The molecule has 0 aliphatic carbocycles. The number of nitrogens with zero attached hydrogens (tertiary/aromatic N) is 2. The van der Waals surface area contributed by atoms with Crippen molar-refractivity contribution in [2.75, 3.05) is 32.7 Å². The summed E-state index contributed by atoms with van der Waals surface area (Å²) in [6.07, 6.45) is 5.99. The first kappa shape index (κ1) is 28.1. The molecule has 0 saturated carbocycles. The topological polar surface area (TPSA) is 79.0 Å². The smallest absolute Gasteiger partial charge is 0.260 e. The Kier molecular flexibility index (Phi) is 8.72. The molecule has 1 N–H and O–H groups in total. The maximum Gasteiger partial charge on any atom is 0.260 e. The van der Waals surface area contributed by atoms with Crippen LogP contribution in [-0.2, 0) is 27.2 Å². The van der Waals surface area contributed by atoms with Crippen LogP contribution in [0.1, 0.15) is 56.6 Å². The molecule has 3 amide bonds. The number of amides is 3. The number of fused-ring (bicyclic) bond motifs is 1. The summed E-state index contributed by atoms with van der Waals surface area (Å²) in [4.78, 5) is 42.6. The molecular formula is C32H40FN3O4. The van der Waals surface area contributed by atoms with Gasteiger partial charge in [-0.15, -0.1) is 0 Å². The summed E-state index contributed by atoms with van der Waals surface area (Å²) in [5.41, 5.74) is 2.06. The number of piperidine rings is 1. The number of carbonyl (C=O) groups is 3. The maximum atomic E-state index is 13.4. The van der Waals surface area contributed by atoms with E-state index in [4.69, 9.17) is 4.74 Å². The predicted octanol–water partition coefficient (Wildman–Crippen LogP) is 4.14. The lowest BCUT2D eigenvalue weighted by Gasteiger charge is -2.43. The van der Waals surface area contributed by atoms with Crippen LogP contribution in [-0.4, -0.2) is 66.3 Å². The predicted molar refractivity (Wildman–Crippen MR) is 150 cm³/mol. The minimum absolute atomic E-state index is 0.00822. The SMILES string of the molecule is C[C@H]1Oc2ccccc2CCCCC2(CCN(C(=O)C3CC(=O)N(CCc4ccc(F)cc4)C3)CC2)CNC1=O. The highest BCUT2D eigenvalue weighted by Crippen LogP contribution is 2.38. The van der Waals surface area contributed by atoms with Crippen LogP contribution < -0.4 is 10.1 Å². The fourth-order valence-corrected chi connectivity index (χ4v) is 6.35. The zero-order valence-electron chi connectivity index (χ0n) is 23.4. The fraction of sp³-hybridized carbons (Fsp3) is 0.531. The van der Waals surface area contributed by atoms with Gasteiger partial charge in [-0.2, -0.15) is 0 Å². The molecule has 2 fully saturated rings. The Labute approximate surface area is 236 Å². The standard InChI is InChI=1S/C32H40FN3O4/c1-23-30(38)34-22-32(14-5-4-7-25-6-2-3-8-28(25)40-23)15-18-35(19-16-32)31(39)26-20-29(37)36(21-26)17-13-24-9-11-27(33)12-10-24/h2-3,6,8-12,23,26H,4-5,7,13-22H2,1H3,(H,34,38)/t23-,26?/m1/s1. The second kappa shape index (κ2) is 12.4. The molecule has 8 heteroatoms. The number of nitrogens with one attached hydrogen (secondary N) is 1. The average Bonchev–Trinajstić information content (AvgIpc) is 3.34. The Morgan fingerprint density at radius 3 is 2.58 bits per heavy atom. The number of carbonyl (C=O) groups excluding carboxylic acids is 3. The molecule has 3 heterocycles. The number of para-hydroxylation sites is 1. The Balaban J connectivity index is 1.15. The summed E-state index contributed by atoms with van der Waals surface area (Å²) in [5.74, 6) is 0.147. The van der Waals surface area contributed by atoms with Gasteiger partial charge in [-0.3, -0.25) is 14.4 Å². The molecule has 214 valence electrons. The Morgan fingerprint density at radius 1 is 1.05 bits per heavy atom. The van der Waals surface area contributed by atoms with E-state index in [1.807, 2.05) is 23.1 Å². The molecule has 0 radical (unpaired) electrons. The lowest BCUT2D eigenvalue weighted by molar-refractivity contribution is -0.138. The quantitative estimate of drug-likeness (QED) is 0.622. The van der Waals surface area contributed by atoms with Crippen LogP contribution >= 0.6 is 0 Å². The van der Waals surface area contributed by atoms with Crippen LogP contribution in [0.5, 0.6) is 5.75 Å². The molecule has 2 aromatic rings. The number of ether oxygens (including phenoxy) is 1. The van der Waals surface area contributed by atoms with Crippen molar-refractivity contribution in [2.45, 2.75) is 64.4 Å². The van der Waals surface area contributed by atoms with E-state index < -0.39 is 6.10 Å². The Morgan fingerprint density at radius 2 is 1.80 bits per heavy atom. The van der Waals surface area contributed by atoms with Crippen LogP contribution in [0.3, 0.4) is 0 Å². The molecule has 40 heavy (non-hydrogen) atoms. The van der Waals surface area contributed by atoms with E-state index in [0.29, 0.717) is 39.1 Å². The Bertz CT molecular complexity index is 1210. The van der Waals surface area contributed by atoms with Crippen LogP contribution in [0.25, 0.3) is 0 Å². The van der Waals surface area contributed by atoms with Crippen LogP contribution in [0.4, 0.5) is 4.39 Å². The molecule has 0 bridgehead atoms. The first-order valence-electron chi connectivity index (χ1n) is 14.7. The lowest BCUT2D eigenvalue weighted by Crippen LogP contribution is -2.50. The monoisotopic (exact) mass is 549 g/mol. The molecular weight excluding hydrogens is 509 g/mol. The number of halogens is 1. The van der Waals surface area contributed by atoms with E-state index in [1.54, 1.807) is 24.0 Å².